The van der Waals surface area contributed by atoms with Crippen molar-refractivity contribution in [3.05, 3.63) is 23.8 Å². The normalized spacial score (nSPS) is 19.8. The summed E-state index contributed by atoms with van der Waals surface area (Å²) in [4.78, 5) is 2.37. The lowest BCUT2D eigenvalue weighted by Gasteiger charge is -2.27. The maximum atomic E-state index is 9.51. The van der Waals surface area contributed by atoms with Crippen molar-refractivity contribution in [1.82, 2.24) is 10.2 Å². The van der Waals surface area contributed by atoms with Crippen LogP contribution in [-0.4, -0.2) is 41.3 Å². The highest BCUT2D eigenvalue weighted by Gasteiger charge is 2.17. The molecule has 1 aromatic carbocycles. The van der Waals surface area contributed by atoms with Gasteiger partial charge in [-0.3, -0.25) is 4.90 Å². The third-order valence-electron chi connectivity index (χ3n) is 3.33. The molecule has 0 bridgehead atoms. The molecule has 0 aromatic heterocycles. The smallest absolute Gasteiger partial charge is 0.119 e. The molecule has 1 fully saturated rings. The number of nitrogens with zero attached hydrogens (tertiary/aromatic N) is 1. The average Bonchev–Trinajstić information content (AvgIpc) is 2.55. The zero-order valence-corrected chi connectivity index (χ0v) is 10.2. The molecule has 1 aromatic rings. The molecule has 94 valence electrons. The second kappa shape index (κ2) is 5.38. The van der Waals surface area contributed by atoms with Gasteiger partial charge >= 0.3 is 0 Å². The van der Waals surface area contributed by atoms with Crippen LogP contribution < -0.4 is 5.32 Å². The van der Waals surface area contributed by atoms with Crippen LogP contribution in [0.5, 0.6) is 11.5 Å². The third-order valence-corrected chi connectivity index (χ3v) is 3.33. The lowest BCUT2D eigenvalue weighted by Crippen LogP contribution is -2.30. The minimum Gasteiger partial charge on any atom is -0.508 e. The van der Waals surface area contributed by atoms with Gasteiger partial charge in [-0.2, -0.15) is 0 Å². The summed E-state index contributed by atoms with van der Waals surface area (Å²) in [6.45, 7) is 6.21. The van der Waals surface area contributed by atoms with Crippen LogP contribution in [0.4, 0.5) is 0 Å². The molecule has 17 heavy (non-hydrogen) atoms. The predicted octanol–water partition coefficient (Wildman–Crippen LogP) is 1.45. The van der Waals surface area contributed by atoms with Crippen molar-refractivity contribution in [2.75, 3.05) is 26.2 Å². The van der Waals surface area contributed by atoms with Crippen molar-refractivity contribution in [2.45, 2.75) is 19.4 Å². The Hall–Kier alpha value is -1.26. The quantitative estimate of drug-likeness (QED) is 0.727. The maximum absolute atomic E-state index is 9.51. The number of hydrogen-bond acceptors (Lipinski definition) is 4. The van der Waals surface area contributed by atoms with Gasteiger partial charge in [0.05, 0.1) is 0 Å². The van der Waals surface area contributed by atoms with Crippen molar-refractivity contribution >= 4 is 0 Å². The monoisotopic (exact) mass is 236 g/mol. The molecule has 0 aliphatic carbocycles. The molecule has 1 saturated heterocycles. The van der Waals surface area contributed by atoms with E-state index >= 15 is 0 Å². The highest BCUT2D eigenvalue weighted by Crippen LogP contribution is 2.28. The summed E-state index contributed by atoms with van der Waals surface area (Å²) in [6, 6.07) is 5.03. The fourth-order valence-corrected chi connectivity index (χ4v) is 2.32. The van der Waals surface area contributed by atoms with E-state index in [1.807, 2.05) is 0 Å². The van der Waals surface area contributed by atoms with E-state index in [0.29, 0.717) is 0 Å². The Morgan fingerprint density at radius 1 is 1.12 bits per heavy atom. The Bertz CT molecular complexity index is 353. The van der Waals surface area contributed by atoms with Crippen molar-refractivity contribution < 1.29 is 10.2 Å². The predicted molar refractivity (Wildman–Crippen MR) is 67.2 cm³/mol. The van der Waals surface area contributed by atoms with Crippen LogP contribution in [0.3, 0.4) is 0 Å². The van der Waals surface area contributed by atoms with Gasteiger partial charge in [-0.05, 0) is 44.1 Å². The second-order valence-electron chi connectivity index (χ2n) is 4.60. The standard InChI is InChI=1S/C13H20N2O2/c1-10(15-5-2-3-14-4-6-15)11-7-12(16)9-13(17)8-11/h7-10,14,16-17H,2-6H2,1H3. The highest BCUT2D eigenvalue weighted by molar-refractivity contribution is 5.38. The molecule has 2 rings (SSSR count). The lowest BCUT2D eigenvalue weighted by atomic mass is 10.1. The van der Waals surface area contributed by atoms with Gasteiger partial charge in [-0.25, -0.2) is 0 Å². The molecular weight excluding hydrogens is 216 g/mol. The minimum absolute atomic E-state index is 0.125. The largest absolute Gasteiger partial charge is 0.508 e. The van der Waals surface area contributed by atoms with Gasteiger partial charge in [-0.15, -0.1) is 0 Å². The van der Waals surface area contributed by atoms with E-state index in [-0.39, 0.29) is 17.5 Å². The molecule has 0 amide bonds. The highest BCUT2D eigenvalue weighted by atomic mass is 16.3. The maximum Gasteiger partial charge on any atom is 0.119 e. The van der Waals surface area contributed by atoms with Gasteiger partial charge in [0.1, 0.15) is 11.5 Å². The van der Waals surface area contributed by atoms with Crippen molar-refractivity contribution in [3.8, 4) is 11.5 Å². The molecule has 4 nitrogen and oxygen atoms in total. The number of nitrogens with one attached hydrogen (secondary N) is 1. The van der Waals surface area contributed by atoms with E-state index < -0.39 is 0 Å². The summed E-state index contributed by atoms with van der Waals surface area (Å²) in [5.41, 5.74) is 0.962. The number of rotatable bonds is 2. The van der Waals surface area contributed by atoms with Gasteiger partial charge in [-0.1, -0.05) is 0 Å². The molecule has 1 aliphatic heterocycles. The van der Waals surface area contributed by atoms with Gasteiger partial charge in [0, 0.05) is 25.2 Å². The Morgan fingerprint density at radius 3 is 2.53 bits per heavy atom. The Balaban J connectivity index is 2.14. The molecule has 1 atom stereocenters. The Morgan fingerprint density at radius 2 is 1.82 bits per heavy atom. The molecular formula is C13H20N2O2. The molecule has 0 saturated carbocycles. The second-order valence-corrected chi connectivity index (χ2v) is 4.60. The minimum atomic E-state index is 0.125. The third kappa shape index (κ3) is 3.11. The number of hydrogen-bond donors (Lipinski definition) is 3. The van der Waals surface area contributed by atoms with Crippen molar-refractivity contribution in [2.24, 2.45) is 0 Å². The van der Waals surface area contributed by atoms with Crippen LogP contribution in [0, 0.1) is 0 Å². The van der Waals surface area contributed by atoms with E-state index in [1.54, 1.807) is 12.1 Å². The van der Waals surface area contributed by atoms with Gasteiger partial charge < -0.3 is 15.5 Å². The first-order valence-corrected chi connectivity index (χ1v) is 6.14. The number of phenolic OH excluding ortho intramolecular Hbond substituents is 2. The van der Waals surface area contributed by atoms with Crippen molar-refractivity contribution in [3.63, 3.8) is 0 Å². The summed E-state index contributed by atoms with van der Waals surface area (Å²) in [5.74, 6) is 0.250. The SMILES string of the molecule is CC(c1cc(O)cc(O)c1)N1CCCNCC1. The molecule has 1 unspecified atom stereocenters. The molecule has 1 heterocycles. The van der Waals surface area contributed by atoms with Gasteiger partial charge in [0.15, 0.2) is 0 Å². The summed E-state index contributed by atoms with van der Waals surface area (Å²) in [6.07, 6.45) is 1.13. The van der Waals surface area contributed by atoms with Crippen molar-refractivity contribution in [1.29, 1.82) is 0 Å². The van der Waals surface area contributed by atoms with Crippen LogP contribution in [0.25, 0.3) is 0 Å². The zero-order valence-electron chi connectivity index (χ0n) is 10.2. The average molecular weight is 236 g/mol. The summed E-state index contributed by atoms with van der Waals surface area (Å²) >= 11 is 0. The van der Waals surface area contributed by atoms with E-state index in [4.69, 9.17) is 0 Å². The van der Waals surface area contributed by atoms with E-state index in [9.17, 15) is 10.2 Å². The van der Waals surface area contributed by atoms with Crippen LogP contribution in [0.1, 0.15) is 24.9 Å². The summed E-state index contributed by atoms with van der Waals surface area (Å²) in [7, 11) is 0. The van der Waals surface area contributed by atoms with Crippen LogP contribution in [-0.2, 0) is 0 Å². The Labute approximate surface area is 102 Å². The fraction of sp³-hybridized carbons (Fsp3) is 0.538. The first-order valence-electron chi connectivity index (χ1n) is 6.14. The molecule has 1 aliphatic rings. The molecule has 0 radical (unpaired) electrons. The number of aromatic hydroxyl groups is 2. The van der Waals surface area contributed by atoms with Crippen LogP contribution in [0.15, 0.2) is 18.2 Å². The van der Waals surface area contributed by atoms with E-state index in [2.05, 4.69) is 17.1 Å². The lowest BCUT2D eigenvalue weighted by molar-refractivity contribution is 0.224. The fourth-order valence-electron chi connectivity index (χ4n) is 2.32. The summed E-state index contributed by atoms with van der Waals surface area (Å²) in [5, 5.41) is 22.4. The first-order chi connectivity index (χ1) is 8.16. The van der Waals surface area contributed by atoms with E-state index in [0.717, 1.165) is 38.2 Å². The zero-order chi connectivity index (χ0) is 12.3. The Kier molecular flexibility index (Phi) is 3.86. The molecule has 3 N–H and O–H groups in total. The topological polar surface area (TPSA) is 55.7 Å². The summed E-state index contributed by atoms with van der Waals surface area (Å²) < 4.78 is 0. The van der Waals surface area contributed by atoms with Gasteiger partial charge in [0.2, 0.25) is 0 Å². The van der Waals surface area contributed by atoms with Gasteiger partial charge in [0.25, 0.3) is 0 Å². The number of benzene rings is 1. The van der Waals surface area contributed by atoms with Crippen LogP contribution >= 0.6 is 0 Å². The van der Waals surface area contributed by atoms with E-state index in [1.165, 1.54) is 6.07 Å². The molecule has 0 spiro atoms. The first kappa shape index (κ1) is 12.2. The van der Waals surface area contributed by atoms with Crippen LogP contribution in [0.2, 0.25) is 0 Å². The molecule has 4 heteroatoms. The number of phenols is 2.